The Hall–Kier alpha value is -2.13. The average Bonchev–Trinajstić information content (AvgIpc) is 2.78. The van der Waals surface area contributed by atoms with Crippen LogP contribution in [0.1, 0.15) is 18.1 Å². The summed E-state index contributed by atoms with van der Waals surface area (Å²) in [5.74, 6) is 0.868. The SMILES string of the molecule is CCN1CCN(Cc2ccc(CNS(=O)(=O)c3ccc(OC)c(OC)c3)cc2)CC1. The topological polar surface area (TPSA) is 71.1 Å². The van der Waals surface area contributed by atoms with Gasteiger partial charge in [0.15, 0.2) is 11.5 Å². The normalized spacial score (nSPS) is 15.8. The third-order valence-electron chi connectivity index (χ3n) is 5.47. The van der Waals surface area contributed by atoms with Gasteiger partial charge >= 0.3 is 0 Å². The summed E-state index contributed by atoms with van der Waals surface area (Å²) in [6, 6.07) is 12.7. The zero-order valence-corrected chi connectivity index (χ0v) is 18.7. The number of hydrogen-bond acceptors (Lipinski definition) is 6. The quantitative estimate of drug-likeness (QED) is 0.655. The van der Waals surface area contributed by atoms with Crippen LogP contribution in [0.25, 0.3) is 0 Å². The molecule has 2 aromatic rings. The van der Waals surface area contributed by atoms with Crippen molar-refractivity contribution in [3.63, 3.8) is 0 Å². The molecule has 0 unspecified atom stereocenters. The molecule has 1 aliphatic rings. The van der Waals surface area contributed by atoms with E-state index in [2.05, 4.69) is 33.6 Å². The first-order chi connectivity index (χ1) is 14.4. The number of rotatable bonds is 9. The molecule has 1 saturated heterocycles. The highest BCUT2D eigenvalue weighted by molar-refractivity contribution is 7.89. The molecule has 30 heavy (non-hydrogen) atoms. The van der Waals surface area contributed by atoms with Crippen LogP contribution in [0.2, 0.25) is 0 Å². The Morgan fingerprint density at radius 3 is 2.07 bits per heavy atom. The van der Waals surface area contributed by atoms with Gasteiger partial charge in [0.2, 0.25) is 10.0 Å². The van der Waals surface area contributed by atoms with Gasteiger partial charge in [0, 0.05) is 45.3 Å². The molecule has 7 nitrogen and oxygen atoms in total. The van der Waals surface area contributed by atoms with E-state index >= 15 is 0 Å². The molecule has 1 fully saturated rings. The summed E-state index contributed by atoms with van der Waals surface area (Å²) < 4.78 is 38.3. The molecule has 0 bridgehead atoms. The molecule has 8 heteroatoms. The highest BCUT2D eigenvalue weighted by Crippen LogP contribution is 2.29. The molecule has 0 aromatic heterocycles. The standard InChI is InChI=1S/C22H31N3O4S/c1-4-24-11-13-25(14-12-24)17-19-7-5-18(6-8-19)16-23-30(26,27)20-9-10-21(28-2)22(15-20)29-3/h5-10,15,23H,4,11-14,16-17H2,1-3H3. The second kappa shape index (κ2) is 10.3. The minimum Gasteiger partial charge on any atom is -0.493 e. The van der Waals surface area contributed by atoms with Gasteiger partial charge in [-0.3, -0.25) is 4.90 Å². The Bertz CT molecular complexity index is 924. The van der Waals surface area contributed by atoms with Crippen LogP contribution in [0.5, 0.6) is 11.5 Å². The lowest BCUT2D eigenvalue weighted by Gasteiger charge is -2.34. The molecule has 1 aliphatic heterocycles. The van der Waals surface area contributed by atoms with E-state index in [1.807, 2.05) is 12.1 Å². The molecule has 0 atom stereocenters. The van der Waals surface area contributed by atoms with E-state index in [0.29, 0.717) is 11.5 Å². The Morgan fingerprint density at radius 2 is 1.47 bits per heavy atom. The van der Waals surface area contributed by atoms with Crippen LogP contribution in [-0.4, -0.2) is 65.2 Å². The van der Waals surface area contributed by atoms with Gasteiger partial charge in [-0.2, -0.15) is 0 Å². The number of benzene rings is 2. The number of ether oxygens (including phenoxy) is 2. The molecule has 1 N–H and O–H groups in total. The van der Waals surface area contributed by atoms with Crippen molar-refractivity contribution in [1.29, 1.82) is 0 Å². The maximum Gasteiger partial charge on any atom is 0.241 e. The summed E-state index contributed by atoms with van der Waals surface area (Å²) in [5, 5.41) is 0. The van der Waals surface area contributed by atoms with Crippen molar-refractivity contribution in [3.8, 4) is 11.5 Å². The predicted molar refractivity (Wildman–Crippen MR) is 117 cm³/mol. The van der Waals surface area contributed by atoms with Gasteiger partial charge in [0.1, 0.15) is 0 Å². The zero-order chi connectivity index (χ0) is 21.6. The molecular formula is C22H31N3O4S. The van der Waals surface area contributed by atoms with Crippen molar-refractivity contribution in [2.45, 2.75) is 24.9 Å². The van der Waals surface area contributed by atoms with E-state index in [1.54, 1.807) is 6.07 Å². The summed E-state index contributed by atoms with van der Waals surface area (Å²) in [6.07, 6.45) is 0. The first-order valence-electron chi connectivity index (χ1n) is 10.2. The summed E-state index contributed by atoms with van der Waals surface area (Å²) in [5.41, 5.74) is 2.16. The van der Waals surface area contributed by atoms with Gasteiger partial charge in [0.05, 0.1) is 19.1 Å². The molecule has 3 rings (SSSR count). The minimum atomic E-state index is -3.66. The van der Waals surface area contributed by atoms with Crippen LogP contribution < -0.4 is 14.2 Å². The molecule has 0 spiro atoms. The second-order valence-corrected chi connectivity index (χ2v) is 9.14. The van der Waals surface area contributed by atoms with Gasteiger partial charge in [-0.25, -0.2) is 13.1 Å². The number of hydrogen-bond donors (Lipinski definition) is 1. The van der Waals surface area contributed by atoms with Gasteiger partial charge in [0.25, 0.3) is 0 Å². The lowest BCUT2D eigenvalue weighted by atomic mass is 10.1. The first kappa shape index (κ1) is 22.6. The number of nitrogens with one attached hydrogen (secondary N) is 1. The van der Waals surface area contributed by atoms with E-state index < -0.39 is 10.0 Å². The van der Waals surface area contributed by atoms with Crippen molar-refractivity contribution in [1.82, 2.24) is 14.5 Å². The van der Waals surface area contributed by atoms with Gasteiger partial charge in [-0.05, 0) is 29.8 Å². The van der Waals surface area contributed by atoms with E-state index in [1.165, 1.54) is 31.9 Å². The molecule has 0 amide bonds. The van der Waals surface area contributed by atoms with Crippen LogP contribution in [0, 0.1) is 0 Å². The van der Waals surface area contributed by atoms with Crippen molar-refractivity contribution in [2.75, 3.05) is 46.9 Å². The highest BCUT2D eigenvalue weighted by atomic mass is 32.2. The van der Waals surface area contributed by atoms with Crippen molar-refractivity contribution < 1.29 is 17.9 Å². The average molecular weight is 434 g/mol. The molecule has 0 saturated carbocycles. The summed E-state index contributed by atoms with van der Waals surface area (Å²) in [7, 11) is -0.663. The monoisotopic (exact) mass is 433 g/mol. The van der Waals surface area contributed by atoms with Crippen LogP contribution in [0.3, 0.4) is 0 Å². The molecule has 1 heterocycles. The van der Waals surface area contributed by atoms with Crippen LogP contribution in [0.15, 0.2) is 47.4 Å². The molecule has 2 aromatic carbocycles. The Balaban J connectivity index is 1.56. The first-order valence-corrected chi connectivity index (χ1v) is 11.7. The second-order valence-electron chi connectivity index (χ2n) is 7.37. The van der Waals surface area contributed by atoms with Gasteiger partial charge in [-0.15, -0.1) is 0 Å². The number of nitrogens with zero attached hydrogens (tertiary/aromatic N) is 2. The highest BCUT2D eigenvalue weighted by Gasteiger charge is 2.17. The predicted octanol–water partition coefficient (Wildman–Crippen LogP) is 2.32. The fourth-order valence-corrected chi connectivity index (χ4v) is 4.56. The summed E-state index contributed by atoms with van der Waals surface area (Å²) in [6.45, 7) is 8.87. The van der Waals surface area contributed by atoms with Crippen LogP contribution in [0.4, 0.5) is 0 Å². The van der Waals surface area contributed by atoms with E-state index in [9.17, 15) is 8.42 Å². The van der Waals surface area contributed by atoms with Gasteiger partial charge in [-0.1, -0.05) is 31.2 Å². The number of likely N-dealkylation sites (N-methyl/N-ethyl adjacent to an activating group) is 1. The molecule has 0 radical (unpaired) electrons. The zero-order valence-electron chi connectivity index (χ0n) is 17.9. The van der Waals surface area contributed by atoms with Crippen molar-refractivity contribution in [2.24, 2.45) is 0 Å². The smallest absolute Gasteiger partial charge is 0.241 e. The lowest BCUT2D eigenvalue weighted by molar-refractivity contribution is 0.132. The Morgan fingerprint density at radius 1 is 0.867 bits per heavy atom. The van der Waals surface area contributed by atoms with Crippen molar-refractivity contribution in [3.05, 3.63) is 53.6 Å². The number of sulfonamides is 1. The molecule has 0 aliphatic carbocycles. The summed E-state index contributed by atoms with van der Waals surface area (Å²) >= 11 is 0. The molecular weight excluding hydrogens is 402 g/mol. The van der Waals surface area contributed by atoms with Crippen LogP contribution >= 0.6 is 0 Å². The largest absolute Gasteiger partial charge is 0.493 e. The van der Waals surface area contributed by atoms with E-state index in [0.717, 1.165) is 44.8 Å². The van der Waals surface area contributed by atoms with Crippen LogP contribution in [-0.2, 0) is 23.1 Å². The minimum absolute atomic E-state index is 0.142. The Labute approximate surface area is 179 Å². The van der Waals surface area contributed by atoms with Gasteiger partial charge < -0.3 is 14.4 Å². The maximum atomic E-state index is 12.6. The molecule has 164 valence electrons. The fourth-order valence-electron chi connectivity index (χ4n) is 3.53. The summed E-state index contributed by atoms with van der Waals surface area (Å²) in [4.78, 5) is 5.06. The Kier molecular flexibility index (Phi) is 7.71. The van der Waals surface area contributed by atoms with E-state index in [-0.39, 0.29) is 11.4 Å². The third kappa shape index (κ3) is 5.72. The third-order valence-corrected chi connectivity index (χ3v) is 6.87. The number of methoxy groups -OCH3 is 2. The van der Waals surface area contributed by atoms with E-state index in [4.69, 9.17) is 9.47 Å². The number of piperazine rings is 1. The maximum absolute atomic E-state index is 12.6. The van der Waals surface area contributed by atoms with Crippen molar-refractivity contribution >= 4 is 10.0 Å². The fraction of sp³-hybridized carbons (Fsp3) is 0.455. The lowest BCUT2D eigenvalue weighted by Crippen LogP contribution is -2.45.